The summed E-state index contributed by atoms with van der Waals surface area (Å²) in [6.07, 6.45) is 0. The van der Waals surface area contributed by atoms with E-state index < -0.39 is 0 Å². The van der Waals surface area contributed by atoms with Crippen molar-refractivity contribution < 1.29 is 0 Å². The minimum absolute atomic E-state index is 0.00222. The first-order valence-electron chi connectivity index (χ1n) is 4.34. The maximum atomic E-state index is 6.22. The van der Waals surface area contributed by atoms with Gasteiger partial charge < -0.3 is 5.73 Å². The predicted molar refractivity (Wildman–Crippen MR) is 74.8 cm³/mol. The van der Waals surface area contributed by atoms with Crippen LogP contribution >= 0.6 is 54.5 Å². The van der Waals surface area contributed by atoms with Crippen LogP contribution in [0.25, 0.3) is 0 Å². The van der Waals surface area contributed by atoms with Crippen LogP contribution in [-0.2, 0) is 0 Å². The zero-order valence-electron chi connectivity index (χ0n) is 7.96. The summed E-state index contributed by atoms with van der Waals surface area (Å²) in [5.41, 5.74) is 7.49. The number of hydrogen-bond acceptors (Lipinski definition) is 3. The molecule has 0 saturated carbocycles. The lowest BCUT2D eigenvalue weighted by molar-refractivity contribution is 0.907. The second-order valence-electron chi connectivity index (χ2n) is 3.22. The fraction of sp³-hybridized carbons (Fsp3) is 0.200. The van der Waals surface area contributed by atoms with Gasteiger partial charge in [0.2, 0.25) is 0 Å². The Bertz CT molecular complexity index is 456. The molecule has 2 heterocycles. The highest BCUT2D eigenvalue weighted by Crippen LogP contribution is 2.38. The maximum absolute atomic E-state index is 6.22. The fourth-order valence-electron chi connectivity index (χ4n) is 1.35. The minimum atomic E-state index is -0.00222. The number of thiophene rings is 2. The molecule has 2 aromatic heterocycles. The molecule has 0 spiro atoms. The Hall–Kier alpha value is 0.320. The quantitative estimate of drug-likeness (QED) is 0.819. The lowest BCUT2D eigenvalue weighted by Crippen LogP contribution is -2.09. The van der Waals surface area contributed by atoms with Gasteiger partial charge in [0.05, 0.1) is 9.83 Å². The smallest absolute Gasteiger partial charge is 0.0843 e. The molecule has 0 aliphatic rings. The van der Waals surface area contributed by atoms with Crippen LogP contribution in [-0.4, -0.2) is 0 Å². The van der Waals surface area contributed by atoms with E-state index in [0.717, 1.165) is 8.26 Å². The van der Waals surface area contributed by atoms with Crippen molar-refractivity contribution in [1.29, 1.82) is 0 Å². The van der Waals surface area contributed by atoms with Gasteiger partial charge in [-0.05, 0) is 61.9 Å². The molecule has 5 heteroatoms. The van der Waals surface area contributed by atoms with Crippen LogP contribution in [0.5, 0.6) is 0 Å². The van der Waals surface area contributed by atoms with Gasteiger partial charge in [-0.2, -0.15) is 0 Å². The van der Waals surface area contributed by atoms with Crippen LogP contribution in [0.2, 0.25) is 0 Å². The number of hydrogen-bond donors (Lipinski definition) is 1. The molecule has 1 atom stereocenters. The summed E-state index contributed by atoms with van der Waals surface area (Å²) < 4.78 is 2.18. The highest BCUT2D eigenvalue weighted by atomic mass is 79.9. The molecular weight excluding hydrogens is 358 g/mol. The van der Waals surface area contributed by atoms with Crippen molar-refractivity contribution in [2.24, 2.45) is 5.73 Å². The SMILES string of the molecule is Cc1ccsc1C(N)c1cc(Br)c(Br)s1. The van der Waals surface area contributed by atoms with Crippen molar-refractivity contribution in [1.82, 2.24) is 0 Å². The second kappa shape index (κ2) is 4.67. The fourth-order valence-corrected chi connectivity index (χ4v) is 4.47. The van der Waals surface area contributed by atoms with Crippen molar-refractivity contribution in [3.8, 4) is 0 Å². The van der Waals surface area contributed by atoms with E-state index >= 15 is 0 Å². The van der Waals surface area contributed by atoms with Gasteiger partial charge in [-0.3, -0.25) is 0 Å². The van der Waals surface area contributed by atoms with Crippen molar-refractivity contribution >= 4 is 54.5 Å². The molecule has 0 radical (unpaired) electrons. The molecule has 0 aromatic carbocycles. The topological polar surface area (TPSA) is 26.0 Å². The van der Waals surface area contributed by atoms with Crippen LogP contribution in [0.1, 0.15) is 21.4 Å². The van der Waals surface area contributed by atoms with Gasteiger partial charge in [0.1, 0.15) is 0 Å². The average Bonchev–Trinajstić information content (AvgIpc) is 2.74. The second-order valence-corrected chi connectivity index (χ2v) is 7.42. The van der Waals surface area contributed by atoms with Crippen LogP contribution < -0.4 is 5.73 Å². The van der Waals surface area contributed by atoms with Gasteiger partial charge >= 0.3 is 0 Å². The molecule has 2 rings (SSSR count). The van der Waals surface area contributed by atoms with Gasteiger partial charge in [0.25, 0.3) is 0 Å². The first kappa shape index (κ1) is 11.8. The number of aryl methyl sites for hydroxylation is 1. The maximum Gasteiger partial charge on any atom is 0.0843 e. The van der Waals surface area contributed by atoms with Crippen molar-refractivity contribution in [3.63, 3.8) is 0 Å². The van der Waals surface area contributed by atoms with Crippen LogP contribution in [0.3, 0.4) is 0 Å². The minimum Gasteiger partial charge on any atom is -0.319 e. The Labute approximate surface area is 114 Å². The van der Waals surface area contributed by atoms with Crippen LogP contribution in [0.15, 0.2) is 25.8 Å². The molecule has 1 nitrogen and oxygen atoms in total. The lowest BCUT2D eigenvalue weighted by Gasteiger charge is -2.08. The van der Waals surface area contributed by atoms with Gasteiger partial charge in [-0.25, -0.2) is 0 Å². The Kier molecular flexibility index (Phi) is 3.67. The van der Waals surface area contributed by atoms with E-state index in [9.17, 15) is 0 Å². The molecule has 0 saturated heterocycles. The summed E-state index contributed by atoms with van der Waals surface area (Å²) in [5, 5.41) is 2.09. The molecule has 0 bridgehead atoms. The highest BCUT2D eigenvalue weighted by Gasteiger charge is 2.16. The number of halogens is 2. The normalized spacial score (nSPS) is 13.1. The van der Waals surface area contributed by atoms with Crippen LogP contribution in [0.4, 0.5) is 0 Å². The van der Waals surface area contributed by atoms with Crippen molar-refractivity contribution in [2.45, 2.75) is 13.0 Å². The van der Waals surface area contributed by atoms with E-state index in [4.69, 9.17) is 5.73 Å². The van der Waals surface area contributed by atoms with Crippen molar-refractivity contribution in [2.75, 3.05) is 0 Å². The molecule has 1 unspecified atom stereocenters. The van der Waals surface area contributed by atoms with Gasteiger partial charge in [-0.1, -0.05) is 0 Å². The molecule has 0 aliphatic carbocycles. The van der Waals surface area contributed by atoms with E-state index in [0.29, 0.717) is 0 Å². The Morgan fingerprint density at radius 2 is 2.13 bits per heavy atom. The summed E-state index contributed by atoms with van der Waals surface area (Å²) in [4.78, 5) is 2.43. The van der Waals surface area contributed by atoms with E-state index in [1.165, 1.54) is 15.3 Å². The first-order chi connectivity index (χ1) is 7.09. The summed E-state index contributed by atoms with van der Waals surface area (Å²) in [6, 6.07) is 4.19. The zero-order valence-corrected chi connectivity index (χ0v) is 12.8. The third-order valence-corrected chi connectivity index (χ3v) is 6.60. The van der Waals surface area contributed by atoms with E-state index in [2.05, 4.69) is 56.3 Å². The Morgan fingerprint density at radius 3 is 2.60 bits per heavy atom. The Morgan fingerprint density at radius 1 is 1.40 bits per heavy atom. The van der Waals surface area contributed by atoms with Gasteiger partial charge in [-0.15, -0.1) is 22.7 Å². The third kappa shape index (κ3) is 2.36. The van der Waals surface area contributed by atoms with Gasteiger partial charge in [0.15, 0.2) is 0 Å². The monoisotopic (exact) mass is 365 g/mol. The zero-order chi connectivity index (χ0) is 11.0. The predicted octanol–water partition coefficient (Wildman–Crippen LogP) is 4.69. The molecule has 15 heavy (non-hydrogen) atoms. The Balaban J connectivity index is 2.36. The molecular formula is C10H9Br2NS2. The van der Waals surface area contributed by atoms with E-state index in [-0.39, 0.29) is 6.04 Å². The van der Waals surface area contributed by atoms with Crippen molar-refractivity contribution in [3.05, 3.63) is 41.1 Å². The molecule has 2 N–H and O–H groups in total. The molecule has 2 aromatic rings. The largest absolute Gasteiger partial charge is 0.319 e. The summed E-state index contributed by atoms with van der Waals surface area (Å²) in [7, 11) is 0. The molecule has 0 amide bonds. The number of nitrogens with two attached hydrogens (primary N) is 1. The van der Waals surface area contributed by atoms with E-state index in [1.807, 2.05) is 0 Å². The highest BCUT2D eigenvalue weighted by molar-refractivity contribution is 9.13. The lowest BCUT2D eigenvalue weighted by atomic mass is 10.1. The van der Waals surface area contributed by atoms with E-state index in [1.54, 1.807) is 22.7 Å². The molecule has 0 fully saturated rings. The standard InChI is InChI=1S/C10H9Br2NS2/c1-5-2-3-14-9(5)8(13)7-4-6(11)10(12)15-7/h2-4,8H,13H2,1H3. The molecule has 0 aliphatic heterocycles. The van der Waals surface area contributed by atoms with Crippen LogP contribution in [0, 0.1) is 6.92 Å². The average molecular weight is 367 g/mol. The third-order valence-electron chi connectivity index (χ3n) is 2.15. The molecule has 80 valence electrons. The first-order valence-corrected chi connectivity index (χ1v) is 7.62. The number of rotatable bonds is 2. The van der Waals surface area contributed by atoms with Gasteiger partial charge in [0, 0.05) is 14.2 Å². The summed E-state index contributed by atoms with van der Waals surface area (Å²) in [6.45, 7) is 2.10. The summed E-state index contributed by atoms with van der Waals surface area (Å²) >= 11 is 10.4. The summed E-state index contributed by atoms with van der Waals surface area (Å²) in [5.74, 6) is 0.